The van der Waals surface area contributed by atoms with Crippen molar-refractivity contribution in [2.75, 3.05) is 50.6 Å². The van der Waals surface area contributed by atoms with Crippen LogP contribution in [-0.2, 0) is 4.79 Å². The van der Waals surface area contributed by atoms with Crippen molar-refractivity contribution in [2.45, 2.75) is 13.0 Å². The van der Waals surface area contributed by atoms with Crippen LogP contribution >= 0.6 is 0 Å². The summed E-state index contributed by atoms with van der Waals surface area (Å²) in [6, 6.07) is 15.1. The SMILES string of the molecule is COc1ccc(C(=O)N[C@@H](C)C(=O)N2CCN(c3ccccc3C(=O)Nc3cccnc3)CC2)cc1OC. The van der Waals surface area contributed by atoms with Crippen LogP contribution in [0.15, 0.2) is 67.0 Å². The molecule has 10 nitrogen and oxygen atoms in total. The van der Waals surface area contributed by atoms with Crippen LogP contribution in [0.5, 0.6) is 11.5 Å². The van der Waals surface area contributed by atoms with Gasteiger partial charge in [-0.3, -0.25) is 19.4 Å². The molecule has 10 heteroatoms. The first kappa shape index (κ1) is 26.5. The summed E-state index contributed by atoms with van der Waals surface area (Å²) in [4.78, 5) is 46.6. The van der Waals surface area contributed by atoms with Crippen molar-refractivity contribution < 1.29 is 23.9 Å². The maximum Gasteiger partial charge on any atom is 0.257 e. The topological polar surface area (TPSA) is 113 Å². The first-order chi connectivity index (χ1) is 18.4. The zero-order chi connectivity index (χ0) is 27.1. The average Bonchev–Trinajstić information content (AvgIpc) is 2.96. The molecule has 38 heavy (non-hydrogen) atoms. The number of hydrogen-bond donors (Lipinski definition) is 2. The number of ether oxygens (including phenoxy) is 2. The molecule has 0 spiro atoms. The first-order valence-corrected chi connectivity index (χ1v) is 12.3. The van der Waals surface area contributed by atoms with Crippen molar-refractivity contribution in [1.29, 1.82) is 0 Å². The number of amides is 3. The predicted octanol–water partition coefficient (Wildman–Crippen LogP) is 2.82. The van der Waals surface area contributed by atoms with Crippen LogP contribution in [0.4, 0.5) is 11.4 Å². The van der Waals surface area contributed by atoms with E-state index in [1.54, 1.807) is 60.6 Å². The molecular weight excluding hydrogens is 486 g/mol. The summed E-state index contributed by atoms with van der Waals surface area (Å²) in [7, 11) is 3.02. The van der Waals surface area contributed by atoms with Gasteiger partial charge in [-0.05, 0) is 49.4 Å². The van der Waals surface area contributed by atoms with E-state index < -0.39 is 6.04 Å². The van der Waals surface area contributed by atoms with Crippen LogP contribution in [0.3, 0.4) is 0 Å². The smallest absolute Gasteiger partial charge is 0.257 e. The Balaban J connectivity index is 1.35. The largest absolute Gasteiger partial charge is 0.493 e. The third-order valence-corrected chi connectivity index (χ3v) is 6.36. The van der Waals surface area contributed by atoms with Gasteiger partial charge in [-0.1, -0.05) is 12.1 Å². The molecule has 3 amide bonds. The molecule has 0 unspecified atom stereocenters. The Labute approximate surface area is 221 Å². The van der Waals surface area contributed by atoms with Gasteiger partial charge in [0.15, 0.2) is 11.5 Å². The van der Waals surface area contributed by atoms with E-state index in [9.17, 15) is 14.4 Å². The van der Waals surface area contributed by atoms with Crippen molar-refractivity contribution in [3.05, 3.63) is 78.1 Å². The van der Waals surface area contributed by atoms with E-state index in [4.69, 9.17) is 9.47 Å². The van der Waals surface area contributed by atoms with Crippen LogP contribution in [0.25, 0.3) is 0 Å². The Morgan fingerprint density at radius 1 is 0.895 bits per heavy atom. The summed E-state index contributed by atoms with van der Waals surface area (Å²) in [6.07, 6.45) is 3.24. The molecule has 3 aromatic rings. The molecule has 2 heterocycles. The van der Waals surface area contributed by atoms with E-state index >= 15 is 0 Å². The minimum absolute atomic E-state index is 0.166. The fourth-order valence-electron chi connectivity index (χ4n) is 4.34. The van der Waals surface area contributed by atoms with Gasteiger partial charge in [-0.25, -0.2) is 0 Å². The number of para-hydroxylation sites is 1. The van der Waals surface area contributed by atoms with Crippen molar-refractivity contribution in [3.8, 4) is 11.5 Å². The highest BCUT2D eigenvalue weighted by Crippen LogP contribution is 2.27. The number of methoxy groups -OCH3 is 2. The lowest BCUT2D eigenvalue weighted by molar-refractivity contribution is -0.133. The Bertz CT molecular complexity index is 1290. The number of carbonyl (C=O) groups is 3. The van der Waals surface area contributed by atoms with Crippen molar-refractivity contribution in [3.63, 3.8) is 0 Å². The predicted molar refractivity (Wildman–Crippen MR) is 144 cm³/mol. The normalized spacial score (nSPS) is 13.9. The molecule has 0 saturated carbocycles. The highest BCUT2D eigenvalue weighted by atomic mass is 16.5. The second-order valence-electron chi connectivity index (χ2n) is 8.79. The first-order valence-electron chi connectivity index (χ1n) is 12.3. The molecule has 0 aliphatic carbocycles. The number of aromatic nitrogens is 1. The minimum atomic E-state index is -0.709. The standard InChI is InChI=1S/C28H31N5O5/c1-19(30-26(34)20-10-11-24(37-2)25(17-20)38-3)28(36)33-15-13-32(14-16-33)23-9-5-4-8-22(23)27(35)31-21-7-6-12-29-18-21/h4-12,17-19H,13-16H2,1-3H3,(H,30,34)(H,31,35)/t19-/m0/s1. The van der Waals surface area contributed by atoms with Crippen molar-refractivity contribution in [2.24, 2.45) is 0 Å². The lowest BCUT2D eigenvalue weighted by Crippen LogP contribution is -2.54. The van der Waals surface area contributed by atoms with Gasteiger partial charge in [-0.15, -0.1) is 0 Å². The molecule has 1 aliphatic heterocycles. The lowest BCUT2D eigenvalue weighted by atomic mass is 10.1. The summed E-state index contributed by atoms with van der Waals surface area (Å²) in [6.45, 7) is 3.71. The van der Waals surface area contributed by atoms with Gasteiger partial charge in [0.05, 0.1) is 31.7 Å². The maximum absolute atomic E-state index is 13.1. The van der Waals surface area contributed by atoms with Crippen molar-refractivity contribution in [1.82, 2.24) is 15.2 Å². The number of benzene rings is 2. The van der Waals surface area contributed by atoms with Gasteiger partial charge >= 0.3 is 0 Å². The van der Waals surface area contributed by atoms with Crippen LogP contribution in [0.2, 0.25) is 0 Å². The second-order valence-corrected chi connectivity index (χ2v) is 8.79. The summed E-state index contributed by atoms with van der Waals surface area (Å²) in [5.74, 6) is 0.186. The van der Waals surface area contributed by atoms with Gasteiger partial charge in [-0.2, -0.15) is 0 Å². The zero-order valence-electron chi connectivity index (χ0n) is 21.6. The number of rotatable bonds is 8. The monoisotopic (exact) mass is 517 g/mol. The van der Waals surface area contributed by atoms with Gasteiger partial charge in [0.1, 0.15) is 6.04 Å². The maximum atomic E-state index is 13.1. The van der Waals surface area contributed by atoms with Crippen LogP contribution in [0, 0.1) is 0 Å². The second kappa shape index (κ2) is 12.1. The highest BCUT2D eigenvalue weighted by Gasteiger charge is 2.28. The average molecular weight is 518 g/mol. The van der Waals surface area contributed by atoms with Gasteiger partial charge in [0, 0.05) is 43.6 Å². The molecule has 2 aromatic carbocycles. The van der Waals surface area contributed by atoms with Crippen LogP contribution < -0.4 is 25.0 Å². The van der Waals surface area contributed by atoms with E-state index in [1.165, 1.54) is 14.2 Å². The van der Waals surface area contributed by atoms with E-state index in [1.807, 2.05) is 18.2 Å². The molecule has 1 aliphatic rings. The molecule has 2 N–H and O–H groups in total. The quantitative estimate of drug-likeness (QED) is 0.472. The van der Waals surface area contributed by atoms with Gasteiger partial charge in [0.2, 0.25) is 5.91 Å². The third kappa shape index (κ3) is 6.03. The van der Waals surface area contributed by atoms with E-state index in [0.29, 0.717) is 54.5 Å². The number of hydrogen-bond acceptors (Lipinski definition) is 7. The Kier molecular flexibility index (Phi) is 8.42. The molecule has 0 bridgehead atoms. The number of pyridine rings is 1. The molecule has 0 radical (unpaired) electrons. The lowest BCUT2D eigenvalue weighted by Gasteiger charge is -2.37. The number of anilines is 2. The van der Waals surface area contributed by atoms with E-state index in [0.717, 1.165) is 5.69 Å². The molecule has 1 aromatic heterocycles. The number of carbonyl (C=O) groups excluding carboxylic acids is 3. The molecular formula is C28H31N5O5. The van der Waals surface area contributed by atoms with Gasteiger partial charge < -0.3 is 29.9 Å². The molecule has 198 valence electrons. The van der Waals surface area contributed by atoms with E-state index in [2.05, 4.69) is 20.5 Å². The zero-order valence-corrected chi connectivity index (χ0v) is 21.6. The summed E-state index contributed by atoms with van der Waals surface area (Å²) < 4.78 is 10.5. The van der Waals surface area contributed by atoms with Crippen LogP contribution in [0.1, 0.15) is 27.6 Å². The number of nitrogens with zero attached hydrogens (tertiary/aromatic N) is 3. The molecule has 4 rings (SSSR count). The fraction of sp³-hybridized carbons (Fsp3) is 0.286. The Morgan fingerprint density at radius 2 is 1.63 bits per heavy atom. The molecule has 1 fully saturated rings. The van der Waals surface area contributed by atoms with Crippen molar-refractivity contribution >= 4 is 29.1 Å². The Hall–Kier alpha value is -4.60. The summed E-state index contributed by atoms with van der Waals surface area (Å²) in [5, 5.41) is 5.65. The molecule has 1 atom stereocenters. The Morgan fingerprint density at radius 3 is 2.32 bits per heavy atom. The highest BCUT2D eigenvalue weighted by molar-refractivity contribution is 6.08. The van der Waals surface area contributed by atoms with Crippen LogP contribution in [-0.4, -0.2) is 74.0 Å². The fourth-order valence-corrected chi connectivity index (χ4v) is 4.34. The third-order valence-electron chi connectivity index (χ3n) is 6.36. The number of piperazine rings is 1. The minimum Gasteiger partial charge on any atom is -0.493 e. The number of nitrogens with one attached hydrogen (secondary N) is 2. The summed E-state index contributed by atoms with van der Waals surface area (Å²) >= 11 is 0. The summed E-state index contributed by atoms with van der Waals surface area (Å²) in [5.41, 5.74) is 2.34. The molecule has 1 saturated heterocycles. The van der Waals surface area contributed by atoms with Gasteiger partial charge in [0.25, 0.3) is 11.8 Å². The van der Waals surface area contributed by atoms with E-state index in [-0.39, 0.29) is 17.7 Å².